The van der Waals surface area contributed by atoms with E-state index in [1.165, 1.54) is 6.42 Å². The lowest BCUT2D eigenvalue weighted by molar-refractivity contribution is 0.263. The lowest BCUT2D eigenvalue weighted by Gasteiger charge is -2.28. The van der Waals surface area contributed by atoms with E-state index >= 15 is 0 Å². The number of rotatable bonds is 2. The summed E-state index contributed by atoms with van der Waals surface area (Å²) in [6, 6.07) is 5.75. The minimum Gasteiger partial charge on any atom is -0.392 e. The number of nitrogens with zero attached hydrogens (tertiary/aromatic N) is 1. The minimum atomic E-state index is 0.0482. The van der Waals surface area contributed by atoms with Gasteiger partial charge in [0.25, 0.3) is 0 Å². The Balaban J connectivity index is 2.24. The summed E-state index contributed by atoms with van der Waals surface area (Å²) in [5.74, 6) is 0.681. The highest BCUT2D eigenvalue weighted by molar-refractivity contribution is 6.33. The van der Waals surface area contributed by atoms with E-state index in [1.807, 2.05) is 18.2 Å². The van der Waals surface area contributed by atoms with Crippen molar-refractivity contribution in [1.82, 2.24) is 0 Å². The van der Waals surface area contributed by atoms with Crippen LogP contribution < -0.4 is 4.90 Å². The van der Waals surface area contributed by atoms with Crippen molar-refractivity contribution < 1.29 is 5.11 Å². The molecule has 1 aliphatic heterocycles. The van der Waals surface area contributed by atoms with E-state index in [0.29, 0.717) is 11.3 Å². The van der Waals surface area contributed by atoms with Crippen molar-refractivity contribution in [3.8, 4) is 0 Å². The summed E-state index contributed by atoms with van der Waals surface area (Å²) >= 11 is 6.30. The Kier molecular flexibility index (Phi) is 3.88. The second-order valence-electron chi connectivity index (χ2n) is 6.20. The lowest BCUT2D eigenvalue weighted by Crippen LogP contribution is -2.26. The molecular weight excluding hydrogens is 246 g/mol. The van der Waals surface area contributed by atoms with Crippen molar-refractivity contribution in [2.45, 2.75) is 33.8 Å². The van der Waals surface area contributed by atoms with Crippen LogP contribution in [0.2, 0.25) is 5.02 Å². The number of anilines is 1. The molecule has 0 radical (unpaired) electrons. The van der Waals surface area contributed by atoms with E-state index < -0.39 is 0 Å². The summed E-state index contributed by atoms with van der Waals surface area (Å²) in [5, 5.41) is 10.2. The zero-order valence-corrected chi connectivity index (χ0v) is 12.2. The molecule has 2 rings (SSSR count). The van der Waals surface area contributed by atoms with Gasteiger partial charge in [0, 0.05) is 18.7 Å². The first-order chi connectivity index (χ1) is 8.43. The summed E-state index contributed by atoms with van der Waals surface area (Å²) in [4.78, 5) is 2.32. The van der Waals surface area contributed by atoms with Crippen molar-refractivity contribution in [2.75, 3.05) is 18.0 Å². The van der Waals surface area contributed by atoms with E-state index in [4.69, 9.17) is 11.6 Å². The summed E-state index contributed by atoms with van der Waals surface area (Å²) < 4.78 is 0. The third kappa shape index (κ3) is 2.65. The van der Waals surface area contributed by atoms with Gasteiger partial charge in [-0.1, -0.05) is 44.5 Å². The molecule has 1 fully saturated rings. The maximum absolute atomic E-state index is 9.44. The zero-order chi connectivity index (χ0) is 13.3. The third-order valence-corrected chi connectivity index (χ3v) is 4.27. The summed E-state index contributed by atoms with van der Waals surface area (Å²) in [7, 11) is 0. The molecule has 0 aliphatic carbocycles. The van der Waals surface area contributed by atoms with E-state index in [1.54, 1.807) is 0 Å². The second-order valence-corrected chi connectivity index (χ2v) is 6.61. The molecule has 1 saturated heterocycles. The molecule has 18 heavy (non-hydrogen) atoms. The molecule has 1 N–H and O–H groups in total. The summed E-state index contributed by atoms with van der Waals surface area (Å²) in [6.45, 7) is 8.98. The molecule has 100 valence electrons. The Morgan fingerprint density at radius 3 is 2.67 bits per heavy atom. The molecule has 1 unspecified atom stereocenters. The largest absolute Gasteiger partial charge is 0.392 e. The first kappa shape index (κ1) is 13.7. The maximum Gasteiger partial charge on any atom is 0.0702 e. The Hall–Kier alpha value is -0.730. The molecule has 1 heterocycles. The van der Waals surface area contributed by atoms with Gasteiger partial charge >= 0.3 is 0 Å². The van der Waals surface area contributed by atoms with Gasteiger partial charge in [-0.2, -0.15) is 0 Å². The molecule has 3 heteroatoms. The number of halogens is 1. The summed E-state index contributed by atoms with van der Waals surface area (Å²) in [5.41, 5.74) is 2.28. The molecule has 0 saturated carbocycles. The Labute approximate surface area is 115 Å². The van der Waals surface area contributed by atoms with Crippen LogP contribution in [0.4, 0.5) is 5.69 Å². The van der Waals surface area contributed by atoms with Gasteiger partial charge in [0.2, 0.25) is 0 Å². The monoisotopic (exact) mass is 267 g/mol. The third-order valence-electron chi connectivity index (χ3n) is 3.97. The number of aliphatic hydroxyl groups excluding tert-OH is 1. The number of hydrogen-bond acceptors (Lipinski definition) is 2. The maximum atomic E-state index is 9.44. The molecule has 2 nitrogen and oxygen atoms in total. The van der Waals surface area contributed by atoms with Crippen LogP contribution in [0.5, 0.6) is 0 Å². The van der Waals surface area contributed by atoms with Crippen LogP contribution in [0.3, 0.4) is 0 Å². The lowest BCUT2D eigenvalue weighted by atomic mass is 9.80. The molecule has 0 aromatic heterocycles. The van der Waals surface area contributed by atoms with E-state index in [-0.39, 0.29) is 6.61 Å². The van der Waals surface area contributed by atoms with Crippen LogP contribution in [0.15, 0.2) is 18.2 Å². The quantitative estimate of drug-likeness (QED) is 0.883. The number of aliphatic hydroxyl groups is 1. The van der Waals surface area contributed by atoms with Crippen molar-refractivity contribution in [2.24, 2.45) is 11.3 Å². The van der Waals surface area contributed by atoms with Gasteiger partial charge < -0.3 is 10.0 Å². The van der Waals surface area contributed by atoms with Crippen LogP contribution in [-0.2, 0) is 6.61 Å². The summed E-state index contributed by atoms with van der Waals surface area (Å²) in [6.07, 6.45) is 1.19. The average Bonchev–Trinajstić information content (AvgIpc) is 2.77. The van der Waals surface area contributed by atoms with Gasteiger partial charge in [0.1, 0.15) is 0 Å². The zero-order valence-electron chi connectivity index (χ0n) is 11.4. The van der Waals surface area contributed by atoms with Crippen LogP contribution in [-0.4, -0.2) is 18.2 Å². The van der Waals surface area contributed by atoms with Gasteiger partial charge in [-0.15, -0.1) is 0 Å². The predicted octanol–water partition coefficient (Wildman–Crippen LogP) is 3.70. The van der Waals surface area contributed by atoms with Crippen molar-refractivity contribution >= 4 is 17.3 Å². The van der Waals surface area contributed by atoms with Crippen molar-refractivity contribution in [3.05, 3.63) is 28.8 Å². The number of benzene rings is 1. The molecule has 0 bridgehead atoms. The fourth-order valence-corrected chi connectivity index (χ4v) is 3.03. The van der Waals surface area contributed by atoms with Gasteiger partial charge in [-0.3, -0.25) is 0 Å². The molecule has 1 aromatic carbocycles. The van der Waals surface area contributed by atoms with E-state index in [2.05, 4.69) is 25.7 Å². The van der Waals surface area contributed by atoms with E-state index in [9.17, 15) is 5.11 Å². The highest BCUT2D eigenvalue weighted by Gasteiger charge is 2.33. The minimum absolute atomic E-state index is 0.0482. The fraction of sp³-hybridized carbons (Fsp3) is 0.600. The first-order valence-electron chi connectivity index (χ1n) is 6.56. The van der Waals surface area contributed by atoms with Crippen molar-refractivity contribution in [1.29, 1.82) is 0 Å². The van der Waals surface area contributed by atoms with Gasteiger partial charge in [0.05, 0.1) is 17.3 Å². The molecule has 0 spiro atoms. The molecular formula is C15H22ClNO. The Morgan fingerprint density at radius 2 is 2.11 bits per heavy atom. The molecule has 1 atom stereocenters. The fourth-order valence-electron chi connectivity index (χ4n) is 2.71. The van der Waals surface area contributed by atoms with Crippen LogP contribution in [0.1, 0.15) is 32.8 Å². The molecule has 1 aliphatic rings. The normalized spacial score (nSPS) is 20.5. The van der Waals surface area contributed by atoms with Gasteiger partial charge in [-0.25, -0.2) is 0 Å². The predicted molar refractivity (Wildman–Crippen MR) is 77.1 cm³/mol. The number of para-hydroxylation sites is 1. The highest BCUT2D eigenvalue weighted by atomic mass is 35.5. The molecule has 1 aromatic rings. The van der Waals surface area contributed by atoms with E-state index in [0.717, 1.165) is 29.4 Å². The standard InChI is InChI=1S/C15H22ClNO/c1-15(2,3)12-7-8-17(9-12)14-11(10-18)5-4-6-13(14)16/h4-6,12,18H,7-10H2,1-3H3. The SMILES string of the molecule is CC(C)(C)C1CCN(c2c(Cl)cccc2CO)C1. The van der Waals surface area contributed by atoms with Gasteiger partial charge in [-0.05, 0) is 23.8 Å². The highest BCUT2D eigenvalue weighted by Crippen LogP contribution is 2.39. The van der Waals surface area contributed by atoms with Crippen LogP contribution in [0, 0.1) is 11.3 Å². The van der Waals surface area contributed by atoms with Crippen molar-refractivity contribution in [3.63, 3.8) is 0 Å². The Bertz CT molecular complexity index is 425. The first-order valence-corrected chi connectivity index (χ1v) is 6.94. The van der Waals surface area contributed by atoms with Crippen LogP contribution >= 0.6 is 11.6 Å². The average molecular weight is 268 g/mol. The Morgan fingerprint density at radius 1 is 1.39 bits per heavy atom. The second kappa shape index (κ2) is 5.10. The van der Waals surface area contributed by atoms with Gasteiger partial charge in [0.15, 0.2) is 0 Å². The molecule has 0 amide bonds. The van der Waals surface area contributed by atoms with Crippen LogP contribution in [0.25, 0.3) is 0 Å². The topological polar surface area (TPSA) is 23.5 Å². The smallest absolute Gasteiger partial charge is 0.0702 e. The number of hydrogen-bond donors (Lipinski definition) is 1.